The summed E-state index contributed by atoms with van der Waals surface area (Å²) in [6.07, 6.45) is 4.97. The Morgan fingerprint density at radius 2 is 2.29 bits per heavy atom. The van der Waals surface area contributed by atoms with Gasteiger partial charge in [-0.25, -0.2) is 4.68 Å². The summed E-state index contributed by atoms with van der Waals surface area (Å²) in [4.78, 5) is 0. The molecule has 76 valence electrons. The second-order valence-electron chi connectivity index (χ2n) is 4.14. The first-order chi connectivity index (χ1) is 6.86. The number of thioether (sulfide) groups is 1. The molecule has 0 unspecified atom stereocenters. The highest BCUT2D eigenvalue weighted by Crippen LogP contribution is 2.36. The largest absolute Gasteiger partial charge is 0.384 e. The molecule has 1 aliphatic carbocycles. The Hall–Kier alpha value is -0.640. The lowest BCUT2D eigenvalue weighted by Crippen LogP contribution is -2.20. The molecule has 1 saturated carbocycles. The first kappa shape index (κ1) is 8.65. The van der Waals surface area contributed by atoms with Gasteiger partial charge < -0.3 is 5.73 Å². The highest BCUT2D eigenvalue weighted by molar-refractivity contribution is 7.98. The predicted molar refractivity (Wildman–Crippen MR) is 59.4 cm³/mol. The van der Waals surface area contributed by atoms with Crippen LogP contribution in [0.1, 0.15) is 36.6 Å². The van der Waals surface area contributed by atoms with Crippen molar-refractivity contribution < 1.29 is 0 Å². The highest BCUT2D eigenvalue weighted by atomic mass is 32.2. The summed E-state index contributed by atoms with van der Waals surface area (Å²) in [5, 5.41) is 4.64. The van der Waals surface area contributed by atoms with Crippen molar-refractivity contribution in [2.45, 2.75) is 37.5 Å². The Kier molecular flexibility index (Phi) is 1.97. The lowest BCUT2D eigenvalue weighted by Gasteiger charge is -2.26. The summed E-state index contributed by atoms with van der Waals surface area (Å²) in [5.74, 6) is 3.21. The van der Waals surface area contributed by atoms with Crippen molar-refractivity contribution in [3.63, 3.8) is 0 Å². The van der Waals surface area contributed by atoms with E-state index in [1.807, 2.05) is 11.8 Å². The van der Waals surface area contributed by atoms with Crippen LogP contribution < -0.4 is 5.73 Å². The molecule has 3 rings (SSSR count). The van der Waals surface area contributed by atoms with Crippen molar-refractivity contribution >= 4 is 17.6 Å². The molecule has 14 heavy (non-hydrogen) atoms. The number of nitrogens with two attached hydrogens (primary N) is 1. The van der Waals surface area contributed by atoms with E-state index in [0.717, 1.165) is 18.0 Å². The van der Waals surface area contributed by atoms with E-state index in [0.29, 0.717) is 6.04 Å². The smallest absolute Gasteiger partial charge is 0.125 e. The van der Waals surface area contributed by atoms with Crippen molar-refractivity contribution in [3.8, 4) is 0 Å². The van der Waals surface area contributed by atoms with Gasteiger partial charge in [0.2, 0.25) is 0 Å². The van der Waals surface area contributed by atoms with Gasteiger partial charge in [-0.3, -0.25) is 0 Å². The summed E-state index contributed by atoms with van der Waals surface area (Å²) in [6.45, 7) is 0. The number of anilines is 1. The van der Waals surface area contributed by atoms with E-state index in [2.05, 4.69) is 9.78 Å². The molecule has 1 aromatic heterocycles. The molecular formula is C10H15N3S. The number of rotatable bonds is 1. The number of hydrogen-bond donors (Lipinski definition) is 1. The van der Waals surface area contributed by atoms with Gasteiger partial charge in [-0.05, 0) is 31.4 Å². The Labute approximate surface area is 88.0 Å². The zero-order chi connectivity index (χ0) is 9.54. The summed E-state index contributed by atoms with van der Waals surface area (Å²) < 4.78 is 2.08. The molecular weight excluding hydrogens is 194 g/mol. The molecule has 0 radical (unpaired) electrons. The lowest BCUT2D eigenvalue weighted by molar-refractivity contribution is 0.292. The molecule has 0 saturated heterocycles. The van der Waals surface area contributed by atoms with Crippen LogP contribution in [-0.2, 0) is 12.2 Å². The predicted octanol–water partition coefficient (Wildman–Crippen LogP) is 1.98. The standard InChI is InChI=1S/C10H15N3S/c11-10-8-4-5-14-6-9(8)12-13(10)7-2-1-3-7/h7H,1-6,11H2. The van der Waals surface area contributed by atoms with Crippen molar-refractivity contribution in [1.29, 1.82) is 0 Å². The maximum atomic E-state index is 6.13. The van der Waals surface area contributed by atoms with Crippen molar-refractivity contribution in [2.75, 3.05) is 11.5 Å². The molecule has 1 fully saturated rings. The lowest BCUT2D eigenvalue weighted by atomic mass is 9.93. The summed E-state index contributed by atoms with van der Waals surface area (Å²) in [6, 6.07) is 0.602. The number of hydrogen-bond acceptors (Lipinski definition) is 3. The SMILES string of the molecule is Nc1c2c(nn1C1CCC1)CSCC2. The molecule has 1 aromatic rings. The minimum Gasteiger partial charge on any atom is -0.384 e. The maximum absolute atomic E-state index is 6.13. The molecule has 0 amide bonds. The van der Waals surface area contributed by atoms with Gasteiger partial charge in [-0.15, -0.1) is 0 Å². The molecule has 0 bridgehead atoms. The second-order valence-corrected chi connectivity index (χ2v) is 5.25. The first-order valence-electron chi connectivity index (χ1n) is 5.30. The fourth-order valence-electron chi connectivity index (χ4n) is 2.17. The number of aromatic nitrogens is 2. The van der Waals surface area contributed by atoms with E-state index in [4.69, 9.17) is 5.73 Å². The van der Waals surface area contributed by atoms with E-state index in [-0.39, 0.29) is 0 Å². The van der Waals surface area contributed by atoms with E-state index in [1.165, 1.54) is 36.3 Å². The van der Waals surface area contributed by atoms with Gasteiger partial charge in [-0.2, -0.15) is 16.9 Å². The molecule has 0 aromatic carbocycles. The third-order valence-corrected chi connectivity index (χ3v) is 4.26. The third kappa shape index (κ3) is 1.16. The number of nitrogens with zero attached hydrogens (tertiary/aromatic N) is 2. The fraction of sp³-hybridized carbons (Fsp3) is 0.700. The van der Waals surface area contributed by atoms with Crippen molar-refractivity contribution in [3.05, 3.63) is 11.3 Å². The van der Waals surface area contributed by atoms with Crippen LogP contribution in [0.3, 0.4) is 0 Å². The zero-order valence-electron chi connectivity index (χ0n) is 8.20. The quantitative estimate of drug-likeness (QED) is 0.769. The molecule has 4 heteroatoms. The van der Waals surface area contributed by atoms with Gasteiger partial charge in [0.05, 0.1) is 11.7 Å². The average Bonchev–Trinajstić information content (AvgIpc) is 2.43. The van der Waals surface area contributed by atoms with Crippen LogP contribution in [0.2, 0.25) is 0 Å². The Morgan fingerprint density at radius 1 is 1.43 bits per heavy atom. The summed E-state index contributed by atoms with van der Waals surface area (Å²) in [5.41, 5.74) is 8.70. The third-order valence-electron chi connectivity index (χ3n) is 3.29. The molecule has 0 spiro atoms. The Morgan fingerprint density at radius 3 is 2.93 bits per heavy atom. The number of fused-ring (bicyclic) bond motifs is 1. The van der Waals surface area contributed by atoms with E-state index in [9.17, 15) is 0 Å². The summed E-state index contributed by atoms with van der Waals surface area (Å²) in [7, 11) is 0. The molecule has 2 heterocycles. The Balaban J connectivity index is 2.00. The van der Waals surface area contributed by atoms with Gasteiger partial charge >= 0.3 is 0 Å². The Bertz CT molecular complexity index is 354. The highest BCUT2D eigenvalue weighted by Gasteiger charge is 2.26. The summed E-state index contributed by atoms with van der Waals surface area (Å²) >= 11 is 1.97. The monoisotopic (exact) mass is 209 g/mol. The van der Waals surface area contributed by atoms with Gasteiger partial charge in [0.25, 0.3) is 0 Å². The normalized spacial score (nSPS) is 21.7. The minimum atomic E-state index is 0.602. The number of nitrogen functional groups attached to an aromatic ring is 1. The molecule has 3 nitrogen and oxygen atoms in total. The van der Waals surface area contributed by atoms with Gasteiger partial charge in [-0.1, -0.05) is 0 Å². The van der Waals surface area contributed by atoms with E-state index >= 15 is 0 Å². The van der Waals surface area contributed by atoms with Gasteiger partial charge in [0.1, 0.15) is 5.82 Å². The second kappa shape index (κ2) is 3.19. The van der Waals surface area contributed by atoms with Crippen LogP contribution in [0.5, 0.6) is 0 Å². The van der Waals surface area contributed by atoms with Crippen LogP contribution in [0.4, 0.5) is 5.82 Å². The van der Waals surface area contributed by atoms with E-state index < -0.39 is 0 Å². The van der Waals surface area contributed by atoms with Crippen LogP contribution in [0.25, 0.3) is 0 Å². The van der Waals surface area contributed by atoms with Crippen LogP contribution in [-0.4, -0.2) is 15.5 Å². The zero-order valence-corrected chi connectivity index (χ0v) is 9.02. The average molecular weight is 209 g/mol. The fourth-order valence-corrected chi connectivity index (χ4v) is 3.09. The topological polar surface area (TPSA) is 43.8 Å². The molecule has 2 aliphatic rings. The molecule has 0 atom stereocenters. The van der Waals surface area contributed by atoms with Crippen LogP contribution >= 0.6 is 11.8 Å². The van der Waals surface area contributed by atoms with Gasteiger partial charge in [0, 0.05) is 11.3 Å². The first-order valence-corrected chi connectivity index (χ1v) is 6.45. The molecule has 2 N–H and O–H groups in total. The maximum Gasteiger partial charge on any atom is 0.125 e. The molecule has 1 aliphatic heterocycles. The van der Waals surface area contributed by atoms with Crippen LogP contribution in [0, 0.1) is 0 Å². The van der Waals surface area contributed by atoms with Crippen LogP contribution in [0.15, 0.2) is 0 Å². The van der Waals surface area contributed by atoms with E-state index in [1.54, 1.807) is 0 Å². The van der Waals surface area contributed by atoms with Crippen molar-refractivity contribution in [1.82, 2.24) is 9.78 Å². The van der Waals surface area contributed by atoms with Gasteiger partial charge in [0.15, 0.2) is 0 Å². The minimum absolute atomic E-state index is 0.602. The van der Waals surface area contributed by atoms with Crippen molar-refractivity contribution in [2.24, 2.45) is 0 Å².